The average Bonchev–Trinajstić information content (AvgIpc) is 2.08. The van der Waals surface area contributed by atoms with Crippen LogP contribution < -0.4 is 11.3 Å². The Balaban J connectivity index is 3.05. The fourth-order valence-corrected chi connectivity index (χ4v) is 1.02. The van der Waals surface area contributed by atoms with Crippen molar-refractivity contribution in [2.45, 2.75) is 11.8 Å². The van der Waals surface area contributed by atoms with Gasteiger partial charge >= 0.3 is 0 Å². The van der Waals surface area contributed by atoms with Crippen LogP contribution in [0.3, 0.4) is 0 Å². The molecule has 0 atom stereocenters. The molecule has 1 aromatic rings. The number of nitrogens with two attached hydrogens (primary N) is 1. The number of amides is 1. The first kappa shape index (κ1) is 9.09. The molecule has 0 aromatic heterocycles. The monoisotopic (exact) mass is 182 g/mol. The van der Waals surface area contributed by atoms with Gasteiger partial charge in [-0.2, -0.15) is 0 Å². The van der Waals surface area contributed by atoms with Crippen molar-refractivity contribution in [2.75, 3.05) is 0 Å². The second-order valence-corrected chi connectivity index (χ2v) is 2.96. The van der Waals surface area contributed by atoms with Gasteiger partial charge in [0.05, 0.1) is 0 Å². The van der Waals surface area contributed by atoms with Gasteiger partial charge in [0.1, 0.15) is 0 Å². The zero-order chi connectivity index (χ0) is 9.14. The summed E-state index contributed by atoms with van der Waals surface area (Å²) >= 11 is 4.18. The van der Waals surface area contributed by atoms with Gasteiger partial charge in [0, 0.05) is 10.5 Å². The molecule has 0 unspecified atom stereocenters. The predicted octanol–water partition coefficient (Wildman–Crippen LogP) is 0.887. The maximum Gasteiger partial charge on any atom is 0.265 e. The highest BCUT2D eigenvalue weighted by Gasteiger charge is 2.03. The summed E-state index contributed by atoms with van der Waals surface area (Å²) in [5, 5.41) is 0. The summed E-state index contributed by atoms with van der Waals surface area (Å²) in [5.41, 5.74) is 3.57. The molecule has 0 bridgehead atoms. The van der Waals surface area contributed by atoms with E-state index in [-0.39, 0.29) is 5.91 Å². The maximum absolute atomic E-state index is 11.0. The van der Waals surface area contributed by atoms with Crippen LogP contribution in [0, 0.1) is 6.92 Å². The number of carbonyl (C=O) groups is 1. The number of carbonyl (C=O) groups excluding carboxylic acids is 1. The van der Waals surface area contributed by atoms with Crippen molar-refractivity contribution < 1.29 is 4.79 Å². The molecule has 0 heterocycles. The molecule has 0 aliphatic heterocycles. The first-order chi connectivity index (χ1) is 5.65. The smallest absolute Gasteiger partial charge is 0.265 e. The van der Waals surface area contributed by atoms with Crippen molar-refractivity contribution >= 4 is 18.5 Å². The molecule has 1 amide bonds. The van der Waals surface area contributed by atoms with Gasteiger partial charge in [-0.25, -0.2) is 5.84 Å². The lowest BCUT2D eigenvalue weighted by Gasteiger charge is -2.02. The van der Waals surface area contributed by atoms with Crippen LogP contribution in [0.2, 0.25) is 0 Å². The van der Waals surface area contributed by atoms with Crippen LogP contribution in [-0.4, -0.2) is 5.91 Å². The number of thiol groups is 1. The molecule has 12 heavy (non-hydrogen) atoms. The molecule has 0 aliphatic carbocycles. The molecule has 0 fully saturated rings. The Hall–Kier alpha value is -1.000. The molecule has 0 saturated carbocycles. The highest BCUT2D eigenvalue weighted by molar-refractivity contribution is 7.80. The number of aryl methyl sites for hydroxylation is 1. The van der Waals surface area contributed by atoms with Gasteiger partial charge in [-0.15, -0.1) is 12.6 Å². The van der Waals surface area contributed by atoms with Crippen LogP contribution >= 0.6 is 12.6 Å². The molecule has 0 radical (unpaired) electrons. The molecular weight excluding hydrogens is 172 g/mol. The van der Waals surface area contributed by atoms with E-state index in [0.717, 1.165) is 10.5 Å². The second-order valence-electron chi connectivity index (χ2n) is 2.47. The predicted molar refractivity (Wildman–Crippen MR) is 50.1 cm³/mol. The topological polar surface area (TPSA) is 55.1 Å². The van der Waals surface area contributed by atoms with Crippen LogP contribution in [0.15, 0.2) is 23.1 Å². The summed E-state index contributed by atoms with van der Waals surface area (Å²) in [6.45, 7) is 1.88. The number of nitrogen functional groups attached to an aromatic ring is 1. The third-order valence-electron chi connectivity index (χ3n) is 1.59. The average molecular weight is 182 g/mol. The standard InChI is InChI=1S/C8H10N2OS/c1-5-4-6(8(11)10-9)2-3-7(5)12/h2-4,12H,9H2,1H3,(H,10,11). The third-order valence-corrected chi connectivity index (χ3v) is 2.09. The van der Waals surface area contributed by atoms with Crippen LogP contribution in [0.4, 0.5) is 0 Å². The molecule has 4 heteroatoms. The zero-order valence-electron chi connectivity index (χ0n) is 6.66. The summed E-state index contributed by atoms with van der Waals surface area (Å²) in [7, 11) is 0. The largest absolute Gasteiger partial charge is 0.290 e. The summed E-state index contributed by atoms with van der Waals surface area (Å²) in [4.78, 5) is 11.9. The molecule has 0 spiro atoms. The van der Waals surface area contributed by atoms with Crippen LogP contribution in [0.1, 0.15) is 15.9 Å². The number of rotatable bonds is 1. The second kappa shape index (κ2) is 3.60. The van der Waals surface area contributed by atoms with Crippen LogP contribution in [0.25, 0.3) is 0 Å². The molecule has 64 valence electrons. The van der Waals surface area contributed by atoms with Crippen molar-refractivity contribution in [3.05, 3.63) is 29.3 Å². The Kier molecular flexibility index (Phi) is 2.73. The lowest BCUT2D eigenvalue weighted by atomic mass is 10.1. The number of hydrogen-bond acceptors (Lipinski definition) is 3. The minimum absolute atomic E-state index is 0.286. The Bertz CT molecular complexity index is 312. The van der Waals surface area contributed by atoms with E-state index < -0.39 is 0 Å². The van der Waals surface area contributed by atoms with Gasteiger partial charge in [-0.1, -0.05) is 0 Å². The molecular formula is C8H10N2OS. The van der Waals surface area contributed by atoms with E-state index >= 15 is 0 Å². The van der Waals surface area contributed by atoms with Gasteiger partial charge in [-0.05, 0) is 30.7 Å². The Morgan fingerprint density at radius 2 is 2.25 bits per heavy atom. The quantitative estimate of drug-likeness (QED) is 0.261. The first-order valence-corrected chi connectivity index (χ1v) is 3.90. The summed E-state index contributed by atoms with van der Waals surface area (Å²) in [6, 6.07) is 5.19. The molecule has 1 aromatic carbocycles. The number of nitrogens with one attached hydrogen (secondary N) is 1. The minimum Gasteiger partial charge on any atom is -0.290 e. The highest BCUT2D eigenvalue weighted by atomic mass is 32.1. The fourth-order valence-electron chi connectivity index (χ4n) is 0.880. The van der Waals surface area contributed by atoms with Crippen molar-refractivity contribution in [1.29, 1.82) is 0 Å². The van der Waals surface area contributed by atoms with E-state index in [9.17, 15) is 4.79 Å². The SMILES string of the molecule is Cc1cc(C(=O)NN)ccc1S. The number of hydrogen-bond donors (Lipinski definition) is 3. The van der Waals surface area contributed by atoms with Crippen molar-refractivity contribution in [1.82, 2.24) is 5.43 Å². The Morgan fingerprint density at radius 1 is 1.58 bits per heavy atom. The molecule has 0 saturated heterocycles. The van der Waals surface area contributed by atoms with E-state index in [0.29, 0.717) is 5.56 Å². The van der Waals surface area contributed by atoms with E-state index in [4.69, 9.17) is 5.84 Å². The van der Waals surface area contributed by atoms with E-state index in [1.807, 2.05) is 6.92 Å². The maximum atomic E-state index is 11.0. The summed E-state index contributed by atoms with van der Waals surface area (Å²) in [6.07, 6.45) is 0. The van der Waals surface area contributed by atoms with Gasteiger partial charge in [-0.3, -0.25) is 10.2 Å². The lowest BCUT2D eigenvalue weighted by molar-refractivity contribution is 0.0953. The Morgan fingerprint density at radius 3 is 2.75 bits per heavy atom. The first-order valence-electron chi connectivity index (χ1n) is 3.45. The number of hydrazine groups is 1. The van der Waals surface area contributed by atoms with Gasteiger partial charge < -0.3 is 0 Å². The molecule has 3 N–H and O–H groups in total. The highest BCUT2D eigenvalue weighted by Crippen LogP contribution is 2.13. The van der Waals surface area contributed by atoms with Gasteiger partial charge in [0.15, 0.2) is 0 Å². The zero-order valence-corrected chi connectivity index (χ0v) is 7.56. The lowest BCUT2D eigenvalue weighted by Crippen LogP contribution is -2.29. The normalized spacial score (nSPS) is 9.58. The third kappa shape index (κ3) is 1.78. The molecule has 3 nitrogen and oxygen atoms in total. The number of benzene rings is 1. The van der Waals surface area contributed by atoms with Gasteiger partial charge in [0.25, 0.3) is 5.91 Å². The molecule has 1 rings (SSSR count). The van der Waals surface area contributed by atoms with Crippen LogP contribution in [-0.2, 0) is 0 Å². The van der Waals surface area contributed by atoms with Crippen molar-refractivity contribution in [3.8, 4) is 0 Å². The summed E-state index contributed by atoms with van der Waals surface area (Å²) < 4.78 is 0. The van der Waals surface area contributed by atoms with E-state index in [1.165, 1.54) is 0 Å². The summed E-state index contributed by atoms with van der Waals surface area (Å²) in [5.74, 6) is 4.69. The molecule has 0 aliphatic rings. The van der Waals surface area contributed by atoms with E-state index in [2.05, 4.69) is 18.1 Å². The van der Waals surface area contributed by atoms with E-state index in [1.54, 1.807) is 18.2 Å². The van der Waals surface area contributed by atoms with Crippen LogP contribution in [0.5, 0.6) is 0 Å². The van der Waals surface area contributed by atoms with Gasteiger partial charge in [0.2, 0.25) is 0 Å². The fraction of sp³-hybridized carbons (Fsp3) is 0.125. The van der Waals surface area contributed by atoms with Crippen molar-refractivity contribution in [3.63, 3.8) is 0 Å². The Labute approximate surface area is 76.3 Å². The van der Waals surface area contributed by atoms with Crippen molar-refractivity contribution in [2.24, 2.45) is 5.84 Å². The minimum atomic E-state index is -0.286.